The van der Waals surface area contributed by atoms with Crippen LogP contribution < -0.4 is 10.6 Å². The highest BCUT2D eigenvalue weighted by atomic mass is 19.1. The monoisotopic (exact) mass is 505 g/mol. The molecule has 3 amide bonds. The van der Waals surface area contributed by atoms with Gasteiger partial charge in [-0.05, 0) is 51.0 Å². The molecular formula is C27H28FN5O4. The Morgan fingerprint density at radius 3 is 2.43 bits per heavy atom. The summed E-state index contributed by atoms with van der Waals surface area (Å²) in [5, 5.41) is 8.88. The third kappa shape index (κ3) is 5.00. The Bertz CT molecular complexity index is 1370. The van der Waals surface area contributed by atoms with Crippen LogP contribution in [0.5, 0.6) is 0 Å². The summed E-state index contributed by atoms with van der Waals surface area (Å²) in [6.45, 7) is 6.63. The molecule has 37 heavy (non-hydrogen) atoms. The molecule has 0 fully saturated rings. The number of carbonyl (C=O) groups is 3. The number of hydrogen-bond acceptors (Lipinski definition) is 6. The minimum Gasteiger partial charge on any atom is -0.359 e. The summed E-state index contributed by atoms with van der Waals surface area (Å²) in [5.41, 5.74) is 0.551. The Kier molecular flexibility index (Phi) is 7.19. The molecule has 192 valence electrons. The zero-order valence-electron chi connectivity index (χ0n) is 21.1. The van der Waals surface area contributed by atoms with Gasteiger partial charge in [0.15, 0.2) is 17.1 Å². The Labute approximate surface area is 213 Å². The van der Waals surface area contributed by atoms with E-state index in [-0.39, 0.29) is 23.7 Å². The lowest BCUT2D eigenvalue weighted by molar-refractivity contribution is -0.131. The fraction of sp³-hybridized carbons (Fsp3) is 0.296. The molecule has 2 aromatic carbocycles. The third-order valence-electron chi connectivity index (χ3n) is 6.31. The molecule has 0 saturated carbocycles. The number of amidine groups is 1. The Morgan fingerprint density at radius 1 is 1.08 bits per heavy atom. The number of rotatable bonds is 8. The second-order valence-electron chi connectivity index (χ2n) is 8.92. The zero-order chi connectivity index (χ0) is 26.7. The number of amides is 3. The van der Waals surface area contributed by atoms with E-state index in [4.69, 9.17) is 4.52 Å². The lowest BCUT2D eigenvalue weighted by Gasteiger charge is -2.26. The van der Waals surface area contributed by atoms with Gasteiger partial charge in [-0.2, -0.15) is 0 Å². The van der Waals surface area contributed by atoms with Crippen molar-refractivity contribution in [1.29, 1.82) is 0 Å². The Morgan fingerprint density at radius 2 is 1.81 bits per heavy atom. The summed E-state index contributed by atoms with van der Waals surface area (Å²) >= 11 is 0. The summed E-state index contributed by atoms with van der Waals surface area (Å²) in [5.74, 6) is -0.853. The van der Waals surface area contributed by atoms with Crippen molar-refractivity contribution in [1.82, 2.24) is 10.1 Å². The van der Waals surface area contributed by atoms with E-state index in [1.807, 2.05) is 37.3 Å². The van der Waals surface area contributed by atoms with Gasteiger partial charge in [-0.1, -0.05) is 48.8 Å². The summed E-state index contributed by atoms with van der Waals surface area (Å²) in [6.07, 6.45) is 1.20. The summed E-state index contributed by atoms with van der Waals surface area (Å²) in [6, 6.07) is 12.4. The molecule has 2 N–H and O–H groups in total. The summed E-state index contributed by atoms with van der Waals surface area (Å²) < 4.78 is 19.9. The fourth-order valence-electron chi connectivity index (χ4n) is 4.50. The maximum Gasteiger partial charge on any atom is 0.323 e. The minimum absolute atomic E-state index is 0.152. The van der Waals surface area contributed by atoms with Crippen molar-refractivity contribution in [2.24, 2.45) is 4.99 Å². The third-order valence-corrected chi connectivity index (χ3v) is 6.31. The molecule has 1 aliphatic heterocycles. The van der Waals surface area contributed by atoms with Crippen molar-refractivity contribution in [3.8, 4) is 0 Å². The van der Waals surface area contributed by atoms with Gasteiger partial charge in [-0.3, -0.25) is 19.5 Å². The quantitative estimate of drug-likeness (QED) is 0.408. The fourth-order valence-corrected chi connectivity index (χ4v) is 4.50. The number of nitrogens with one attached hydrogen (secondary N) is 2. The lowest BCUT2D eigenvalue weighted by atomic mass is 9.85. The first-order valence-electron chi connectivity index (χ1n) is 11.9. The SMILES string of the molecule is CCCC1(c2ccccc2)N=C(C)N(CC(=O)c2ccc(NC(=O)Nc3c(C)noc3C)cc2F)C1=O. The number of aromatic nitrogens is 1. The molecule has 1 atom stereocenters. The second-order valence-corrected chi connectivity index (χ2v) is 8.92. The van der Waals surface area contributed by atoms with Gasteiger partial charge >= 0.3 is 6.03 Å². The van der Waals surface area contributed by atoms with Crippen molar-refractivity contribution < 1.29 is 23.3 Å². The molecule has 1 aromatic heterocycles. The molecule has 0 spiro atoms. The van der Waals surface area contributed by atoms with Crippen LogP contribution in [0.25, 0.3) is 0 Å². The predicted octanol–water partition coefficient (Wildman–Crippen LogP) is 5.21. The van der Waals surface area contributed by atoms with Crippen LogP contribution in [0.15, 0.2) is 58.0 Å². The maximum atomic E-state index is 14.9. The summed E-state index contributed by atoms with van der Waals surface area (Å²) in [7, 11) is 0. The van der Waals surface area contributed by atoms with Crippen LogP contribution in [0.1, 0.15) is 54.1 Å². The lowest BCUT2D eigenvalue weighted by Crippen LogP contribution is -2.43. The standard InChI is InChI=1S/C27H28FN5O4/c1-5-13-27(19-9-7-6-8-10-19)25(35)33(18(4)31-27)15-23(34)21-12-11-20(14-22(21)28)29-26(36)30-24-16(2)32-37-17(24)3/h6-12,14H,5,13,15H2,1-4H3,(H2,29,30,36). The number of hydrogen-bond donors (Lipinski definition) is 2. The molecule has 1 aliphatic rings. The molecule has 2 heterocycles. The van der Waals surface area contributed by atoms with Crippen molar-refractivity contribution in [3.05, 3.63) is 76.9 Å². The zero-order valence-corrected chi connectivity index (χ0v) is 21.1. The Balaban J connectivity index is 1.47. The van der Waals surface area contributed by atoms with Crippen LogP contribution in [-0.4, -0.2) is 40.2 Å². The van der Waals surface area contributed by atoms with E-state index in [1.165, 1.54) is 17.0 Å². The average molecular weight is 506 g/mol. The van der Waals surface area contributed by atoms with E-state index < -0.39 is 23.2 Å². The van der Waals surface area contributed by atoms with Crippen LogP contribution in [0.2, 0.25) is 0 Å². The van der Waals surface area contributed by atoms with Crippen LogP contribution in [-0.2, 0) is 10.3 Å². The normalized spacial score (nSPS) is 17.1. The number of urea groups is 1. The van der Waals surface area contributed by atoms with Gasteiger partial charge in [0.25, 0.3) is 5.91 Å². The number of halogens is 1. The van der Waals surface area contributed by atoms with E-state index in [9.17, 15) is 18.8 Å². The first-order valence-corrected chi connectivity index (χ1v) is 11.9. The molecule has 0 radical (unpaired) electrons. The topological polar surface area (TPSA) is 117 Å². The molecular weight excluding hydrogens is 477 g/mol. The van der Waals surface area contributed by atoms with E-state index in [2.05, 4.69) is 20.8 Å². The number of anilines is 2. The van der Waals surface area contributed by atoms with Crippen LogP contribution >= 0.6 is 0 Å². The van der Waals surface area contributed by atoms with Gasteiger partial charge in [-0.15, -0.1) is 0 Å². The molecule has 1 unspecified atom stereocenters. The van der Waals surface area contributed by atoms with E-state index in [0.29, 0.717) is 35.8 Å². The van der Waals surface area contributed by atoms with Gasteiger partial charge < -0.3 is 15.2 Å². The maximum absolute atomic E-state index is 14.9. The van der Waals surface area contributed by atoms with E-state index in [1.54, 1.807) is 20.8 Å². The van der Waals surface area contributed by atoms with Gasteiger partial charge in [-0.25, -0.2) is 9.18 Å². The van der Waals surface area contributed by atoms with Gasteiger partial charge in [0.2, 0.25) is 0 Å². The molecule has 9 nitrogen and oxygen atoms in total. The minimum atomic E-state index is -1.10. The van der Waals surface area contributed by atoms with Gasteiger partial charge in [0.05, 0.1) is 12.1 Å². The highest BCUT2D eigenvalue weighted by Gasteiger charge is 2.48. The first kappa shape index (κ1) is 25.7. The van der Waals surface area contributed by atoms with Crippen molar-refractivity contribution >= 4 is 34.9 Å². The number of carbonyl (C=O) groups excluding carboxylic acids is 3. The van der Waals surface area contributed by atoms with Crippen LogP contribution in [0.4, 0.5) is 20.6 Å². The smallest absolute Gasteiger partial charge is 0.323 e. The van der Waals surface area contributed by atoms with Gasteiger partial charge in [0.1, 0.15) is 23.0 Å². The average Bonchev–Trinajstić information content (AvgIpc) is 3.30. The molecule has 4 rings (SSSR count). The van der Waals surface area contributed by atoms with Crippen LogP contribution in [0, 0.1) is 19.7 Å². The Hall–Kier alpha value is -4.34. The first-order chi connectivity index (χ1) is 17.7. The molecule has 3 aromatic rings. The molecule has 10 heteroatoms. The molecule has 0 bridgehead atoms. The highest BCUT2D eigenvalue weighted by molar-refractivity contribution is 6.12. The number of aryl methyl sites for hydroxylation is 2. The number of ketones is 1. The predicted molar refractivity (Wildman–Crippen MR) is 137 cm³/mol. The number of nitrogens with zero attached hydrogens (tertiary/aromatic N) is 3. The van der Waals surface area contributed by atoms with Crippen molar-refractivity contribution in [3.63, 3.8) is 0 Å². The van der Waals surface area contributed by atoms with Crippen molar-refractivity contribution in [2.75, 3.05) is 17.2 Å². The summed E-state index contributed by atoms with van der Waals surface area (Å²) in [4.78, 5) is 44.9. The van der Waals surface area contributed by atoms with Crippen LogP contribution in [0.3, 0.4) is 0 Å². The second kappa shape index (κ2) is 10.3. The molecule has 0 saturated heterocycles. The van der Waals surface area contributed by atoms with E-state index >= 15 is 0 Å². The largest absolute Gasteiger partial charge is 0.359 e. The van der Waals surface area contributed by atoms with Crippen molar-refractivity contribution in [2.45, 2.75) is 46.1 Å². The molecule has 0 aliphatic carbocycles. The number of Topliss-reactive ketones (excluding diaryl/α,β-unsaturated/α-hetero) is 1. The highest BCUT2D eigenvalue weighted by Crippen LogP contribution is 2.38. The number of aliphatic imine (C=N–C) groups is 1. The number of benzene rings is 2. The van der Waals surface area contributed by atoms with E-state index in [0.717, 1.165) is 11.6 Å². The van der Waals surface area contributed by atoms with Gasteiger partial charge in [0, 0.05) is 5.69 Å².